The molecule has 1 N–H and O–H groups in total. The van der Waals surface area contributed by atoms with E-state index in [4.69, 9.17) is 4.42 Å². The number of thioether (sulfide) groups is 1. The smallest absolute Gasteiger partial charge is 0.336 e. The Balaban J connectivity index is 1.91. The van der Waals surface area contributed by atoms with Gasteiger partial charge in [-0.05, 0) is 42.0 Å². The van der Waals surface area contributed by atoms with E-state index in [1.807, 2.05) is 19.9 Å². The first-order valence-electron chi connectivity index (χ1n) is 7.69. The number of nitrogens with one attached hydrogen (secondary N) is 1. The molecule has 0 aliphatic heterocycles. The third kappa shape index (κ3) is 3.87. The van der Waals surface area contributed by atoms with Crippen molar-refractivity contribution < 1.29 is 9.21 Å². The number of anilines is 1. The van der Waals surface area contributed by atoms with Crippen LogP contribution >= 0.6 is 11.8 Å². The van der Waals surface area contributed by atoms with Gasteiger partial charge in [0.2, 0.25) is 11.1 Å². The summed E-state index contributed by atoms with van der Waals surface area (Å²) in [6, 6.07) is 6.86. The summed E-state index contributed by atoms with van der Waals surface area (Å²) in [6.07, 6.45) is 0. The van der Waals surface area contributed by atoms with Crippen molar-refractivity contribution in [3.8, 4) is 0 Å². The third-order valence-electron chi connectivity index (χ3n) is 3.46. The maximum atomic E-state index is 11.9. The maximum Gasteiger partial charge on any atom is 0.336 e. The number of amides is 1. The van der Waals surface area contributed by atoms with Gasteiger partial charge in [0.25, 0.3) is 0 Å². The highest BCUT2D eigenvalue weighted by molar-refractivity contribution is 7.98. The van der Waals surface area contributed by atoms with Crippen LogP contribution < -0.4 is 10.9 Å². The number of hydrogen-bond donors (Lipinski definition) is 1. The molecule has 1 amide bonds. The predicted molar refractivity (Wildman–Crippen MR) is 94.6 cm³/mol. The fourth-order valence-electron chi connectivity index (χ4n) is 2.38. The molecule has 25 heavy (non-hydrogen) atoms. The molecule has 2 heterocycles. The monoisotopic (exact) mass is 359 g/mol. The van der Waals surface area contributed by atoms with Crippen LogP contribution in [-0.2, 0) is 10.5 Å². The molecule has 8 nitrogen and oxygen atoms in total. The van der Waals surface area contributed by atoms with Gasteiger partial charge < -0.3 is 9.73 Å². The van der Waals surface area contributed by atoms with Crippen molar-refractivity contribution >= 4 is 34.3 Å². The zero-order chi connectivity index (χ0) is 18.0. The molecule has 3 aromatic rings. The van der Waals surface area contributed by atoms with Crippen LogP contribution in [0.3, 0.4) is 0 Å². The summed E-state index contributed by atoms with van der Waals surface area (Å²) in [5.41, 5.74) is 1.39. The van der Waals surface area contributed by atoms with Crippen molar-refractivity contribution in [1.82, 2.24) is 20.2 Å². The number of carbonyl (C=O) groups is 1. The highest BCUT2D eigenvalue weighted by atomic mass is 32.2. The molecule has 0 atom stereocenters. The first-order valence-corrected chi connectivity index (χ1v) is 8.67. The molecule has 0 radical (unpaired) electrons. The zero-order valence-corrected chi connectivity index (χ0v) is 14.8. The van der Waals surface area contributed by atoms with Crippen molar-refractivity contribution in [2.75, 3.05) is 5.32 Å². The molecule has 3 rings (SSSR count). The summed E-state index contributed by atoms with van der Waals surface area (Å²) >= 11 is 1.45. The Bertz CT molecular complexity index is 979. The lowest BCUT2D eigenvalue weighted by atomic mass is 10.1. The number of aromatic nitrogens is 4. The second-order valence-electron chi connectivity index (χ2n) is 5.77. The van der Waals surface area contributed by atoms with E-state index in [-0.39, 0.29) is 11.9 Å². The van der Waals surface area contributed by atoms with E-state index in [0.29, 0.717) is 22.2 Å². The lowest BCUT2D eigenvalue weighted by Crippen LogP contribution is -2.06. The number of hydrogen-bond acceptors (Lipinski definition) is 7. The van der Waals surface area contributed by atoms with Gasteiger partial charge in [-0.2, -0.15) is 0 Å². The highest BCUT2D eigenvalue weighted by Crippen LogP contribution is 2.27. The van der Waals surface area contributed by atoms with Gasteiger partial charge in [0.15, 0.2) is 0 Å². The number of rotatable bonds is 5. The Morgan fingerprint density at radius 3 is 2.88 bits per heavy atom. The number of benzene rings is 1. The molecule has 0 aliphatic carbocycles. The van der Waals surface area contributed by atoms with Crippen molar-refractivity contribution in [3.63, 3.8) is 0 Å². The summed E-state index contributed by atoms with van der Waals surface area (Å²) < 4.78 is 6.99. The lowest BCUT2D eigenvalue weighted by molar-refractivity contribution is -0.114. The van der Waals surface area contributed by atoms with Crippen molar-refractivity contribution in [1.29, 1.82) is 0 Å². The Hall–Kier alpha value is -2.68. The normalized spacial score (nSPS) is 11.2. The molecular formula is C16H17N5O3S. The minimum atomic E-state index is -0.438. The van der Waals surface area contributed by atoms with Gasteiger partial charge in [0.05, 0.1) is 6.04 Å². The molecule has 0 bridgehead atoms. The van der Waals surface area contributed by atoms with Crippen LogP contribution in [0.15, 0.2) is 38.6 Å². The summed E-state index contributed by atoms with van der Waals surface area (Å²) in [7, 11) is 0. The first kappa shape index (κ1) is 17.2. The molecule has 0 unspecified atom stereocenters. The maximum absolute atomic E-state index is 11.9. The van der Waals surface area contributed by atoms with Crippen LogP contribution in [0.25, 0.3) is 11.0 Å². The van der Waals surface area contributed by atoms with E-state index >= 15 is 0 Å². The summed E-state index contributed by atoms with van der Waals surface area (Å²) in [5, 5.41) is 15.8. The van der Waals surface area contributed by atoms with Gasteiger partial charge in [-0.3, -0.25) is 4.79 Å². The quantitative estimate of drug-likeness (QED) is 0.551. The van der Waals surface area contributed by atoms with Gasteiger partial charge in [-0.15, -0.1) is 5.10 Å². The van der Waals surface area contributed by atoms with Crippen LogP contribution in [-0.4, -0.2) is 26.1 Å². The van der Waals surface area contributed by atoms with Crippen molar-refractivity contribution in [2.24, 2.45) is 0 Å². The Morgan fingerprint density at radius 2 is 2.16 bits per heavy atom. The Labute approximate surface area is 147 Å². The van der Waals surface area contributed by atoms with Gasteiger partial charge in [0, 0.05) is 35.9 Å². The fourth-order valence-corrected chi connectivity index (χ4v) is 3.37. The minimum Gasteiger partial charge on any atom is -0.423 e. The molecule has 0 saturated heterocycles. The Morgan fingerprint density at radius 1 is 1.36 bits per heavy atom. The summed E-state index contributed by atoms with van der Waals surface area (Å²) in [6.45, 7) is 5.42. The van der Waals surface area contributed by atoms with Gasteiger partial charge in [-0.25, -0.2) is 9.48 Å². The highest BCUT2D eigenvalue weighted by Gasteiger charge is 2.12. The van der Waals surface area contributed by atoms with Crippen LogP contribution in [0.2, 0.25) is 0 Å². The van der Waals surface area contributed by atoms with Crippen molar-refractivity contribution in [2.45, 2.75) is 37.7 Å². The largest absolute Gasteiger partial charge is 0.423 e. The van der Waals surface area contributed by atoms with Crippen LogP contribution in [0.4, 0.5) is 5.69 Å². The zero-order valence-electron chi connectivity index (χ0n) is 14.0. The standard InChI is InChI=1S/C16H17N5O3S/c1-9(2)21-16(18-19-20-21)25-8-11-6-15(23)24-14-7-12(17-10(3)22)4-5-13(11)14/h4-7,9H,8H2,1-3H3,(H,17,22). The molecule has 0 aliphatic rings. The molecular weight excluding hydrogens is 342 g/mol. The molecule has 9 heteroatoms. The number of fused-ring (bicyclic) bond motifs is 1. The number of tetrazole rings is 1. The lowest BCUT2D eigenvalue weighted by Gasteiger charge is -2.09. The van der Waals surface area contributed by atoms with E-state index < -0.39 is 5.63 Å². The second-order valence-corrected chi connectivity index (χ2v) is 6.71. The van der Waals surface area contributed by atoms with E-state index in [9.17, 15) is 9.59 Å². The van der Waals surface area contributed by atoms with Crippen molar-refractivity contribution in [3.05, 3.63) is 40.2 Å². The summed E-state index contributed by atoms with van der Waals surface area (Å²) in [4.78, 5) is 23.0. The van der Waals surface area contributed by atoms with Gasteiger partial charge in [0.1, 0.15) is 5.58 Å². The fraction of sp³-hybridized carbons (Fsp3) is 0.312. The number of carbonyl (C=O) groups excluding carboxylic acids is 1. The molecule has 0 saturated carbocycles. The van der Waals surface area contributed by atoms with E-state index in [2.05, 4.69) is 20.8 Å². The SMILES string of the molecule is CC(=O)Nc1ccc2c(CSc3nnnn3C(C)C)cc(=O)oc2c1. The van der Waals surface area contributed by atoms with E-state index in [1.165, 1.54) is 24.8 Å². The van der Waals surface area contributed by atoms with Crippen LogP contribution in [0.5, 0.6) is 0 Å². The van der Waals surface area contributed by atoms with E-state index in [0.717, 1.165) is 10.9 Å². The minimum absolute atomic E-state index is 0.148. The summed E-state index contributed by atoms with van der Waals surface area (Å²) in [5.74, 6) is 0.336. The molecule has 0 fully saturated rings. The van der Waals surface area contributed by atoms with Gasteiger partial charge in [-0.1, -0.05) is 11.8 Å². The van der Waals surface area contributed by atoms with Gasteiger partial charge >= 0.3 is 5.63 Å². The third-order valence-corrected chi connectivity index (χ3v) is 4.44. The first-order chi connectivity index (χ1) is 11.9. The average molecular weight is 359 g/mol. The average Bonchev–Trinajstić information content (AvgIpc) is 3.00. The second kappa shape index (κ2) is 7.06. The Kier molecular flexibility index (Phi) is 4.84. The topological polar surface area (TPSA) is 103 Å². The molecule has 0 spiro atoms. The number of nitrogens with zero attached hydrogens (tertiary/aromatic N) is 4. The van der Waals surface area contributed by atoms with Crippen LogP contribution in [0.1, 0.15) is 32.4 Å². The van der Waals surface area contributed by atoms with Crippen LogP contribution in [0, 0.1) is 0 Å². The molecule has 1 aromatic carbocycles. The molecule has 130 valence electrons. The van der Waals surface area contributed by atoms with E-state index in [1.54, 1.807) is 16.8 Å². The molecule has 2 aromatic heterocycles. The predicted octanol–water partition coefficient (Wildman–Crippen LogP) is 2.61.